The SMILES string of the molecule is COC(=O)/C=C/C(=O)N(O)CCC[NH3+]. The molecule has 0 aromatic carbocycles. The van der Waals surface area contributed by atoms with E-state index in [9.17, 15) is 9.59 Å². The van der Waals surface area contributed by atoms with Gasteiger partial charge in [-0.3, -0.25) is 10.0 Å². The van der Waals surface area contributed by atoms with Crippen LogP contribution in [0.15, 0.2) is 12.2 Å². The van der Waals surface area contributed by atoms with Crippen molar-refractivity contribution >= 4 is 11.9 Å². The highest BCUT2D eigenvalue weighted by molar-refractivity contribution is 5.93. The van der Waals surface area contributed by atoms with E-state index in [-0.39, 0.29) is 6.54 Å². The first-order valence-electron chi connectivity index (χ1n) is 4.17. The van der Waals surface area contributed by atoms with Crippen molar-refractivity contribution in [1.82, 2.24) is 5.06 Å². The second-order valence-corrected chi connectivity index (χ2v) is 2.52. The van der Waals surface area contributed by atoms with Crippen LogP contribution in [0.25, 0.3) is 0 Å². The van der Waals surface area contributed by atoms with Crippen molar-refractivity contribution in [1.29, 1.82) is 0 Å². The summed E-state index contributed by atoms with van der Waals surface area (Å²) < 4.78 is 4.27. The molecule has 0 unspecified atom stereocenters. The van der Waals surface area contributed by atoms with Gasteiger partial charge in [0.1, 0.15) is 0 Å². The zero-order valence-corrected chi connectivity index (χ0v) is 8.10. The van der Waals surface area contributed by atoms with Gasteiger partial charge in [0.25, 0.3) is 5.91 Å². The molecule has 1 amide bonds. The molecule has 0 aromatic heterocycles. The van der Waals surface area contributed by atoms with Crippen LogP contribution < -0.4 is 5.73 Å². The molecule has 0 aliphatic carbocycles. The third-order valence-corrected chi connectivity index (χ3v) is 1.44. The molecule has 0 bridgehead atoms. The molecule has 0 radical (unpaired) electrons. The zero-order valence-electron chi connectivity index (χ0n) is 8.10. The Morgan fingerprint density at radius 1 is 1.50 bits per heavy atom. The highest BCUT2D eigenvalue weighted by Gasteiger charge is 2.06. The first-order valence-corrected chi connectivity index (χ1v) is 4.17. The van der Waals surface area contributed by atoms with Crippen molar-refractivity contribution in [2.75, 3.05) is 20.2 Å². The summed E-state index contributed by atoms with van der Waals surface area (Å²) in [6.45, 7) is 0.832. The summed E-state index contributed by atoms with van der Waals surface area (Å²) in [5.74, 6) is -1.28. The molecule has 0 saturated carbocycles. The number of carbonyl (C=O) groups is 2. The lowest BCUT2D eigenvalue weighted by Crippen LogP contribution is -2.51. The van der Waals surface area contributed by atoms with Crippen LogP contribution in [-0.2, 0) is 14.3 Å². The van der Waals surface area contributed by atoms with E-state index in [0.717, 1.165) is 12.2 Å². The summed E-state index contributed by atoms with van der Waals surface area (Å²) in [7, 11) is 1.20. The standard InChI is InChI=1S/C8H14N2O4/c1-14-8(12)4-3-7(11)10(13)6-2-5-9/h3-4,13H,2,5-6,9H2,1H3/p+1/b4-3+. The molecule has 0 aromatic rings. The number of carbonyl (C=O) groups excluding carboxylic acids is 2. The number of amides is 1. The number of hydroxylamine groups is 2. The molecule has 6 nitrogen and oxygen atoms in total. The maximum Gasteiger partial charge on any atom is 0.330 e. The Morgan fingerprint density at radius 2 is 2.14 bits per heavy atom. The van der Waals surface area contributed by atoms with Gasteiger partial charge in [0.15, 0.2) is 0 Å². The van der Waals surface area contributed by atoms with Gasteiger partial charge in [0.05, 0.1) is 20.2 Å². The van der Waals surface area contributed by atoms with Crippen LogP contribution in [0.1, 0.15) is 6.42 Å². The van der Waals surface area contributed by atoms with Crippen LogP contribution >= 0.6 is 0 Å². The van der Waals surface area contributed by atoms with Crippen LogP contribution in [0.2, 0.25) is 0 Å². The first kappa shape index (κ1) is 12.6. The second kappa shape index (κ2) is 7.05. The minimum absolute atomic E-state index is 0.202. The van der Waals surface area contributed by atoms with E-state index in [2.05, 4.69) is 10.5 Å². The molecule has 0 fully saturated rings. The van der Waals surface area contributed by atoms with Gasteiger partial charge in [0, 0.05) is 18.6 Å². The number of methoxy groups -OCH3 is 1. The lowest BCUT2D eigenvalue weighted by molar-refractivity contribution is -0.369. The van der Waals surface area contributed by atoms with E-state index in [1.54, 1.807) is 0 Å². The van der Waals surface area contributed by atoms with E-state index in [0.29, 0.717) is 18.0 Å². The number of nitrogens with zero attached hydrogens (tertiary/aromatic N) is 1. The highest BCUT2D eigenvalue weighted by Crippen LogP contribution is 1.89. The zero-order chi connectivity index (χ0) is 11.0. The van der Waals surface area contributed by atoms with Crippen molar-refractivity contribution in [3.8, 4) is 0 Å². The molecule has 0 aliphatic rings. The van der Waals surface area contributed by atoms with Crippen LogP contribution in [-0.4, -0.2) is 42.3 Å². The molecule has 0 saturated heterocycles. The predicted octanol–water partition coefficient (Wildman–Crippen LogP) is -1.43. The number of esters is 1. The Bertz CT molecular complexity index is 227. The first-order chi connectivity index (χ1) is 6.61. The Hall–Kier alpha value is -1.40. The van der Waals surface area contributed by atoms with Crippen LogP contribution in [0, 0.1) is 0 Å². The average molecular weight is 203 g/mol. The van der Waals surface area contributed by atoms with Crippen molar-refractivity contribution in [3.05, 3.63) is 12.2 Å². The van der Waals surface area contributed by atoms with Crippen molar-refractivity contribution in [2.24, 2.45) is 0 Å². The van der Waals surface area contributed by atoms with Gasteiger partial charge in [-0.1, -0.05) is 0 Å². The van der Waals surface area contributed by atoms with Gasteiger partial charge in [-0.05, 0) is 0 Å². The minimum Gasteiger partial charge on any atom is -0.466 e. The fourth-order valence-corrected chi connectivity index (χ4v) is 0.665. The minimum atomic E-state index is -0.649. The third kappa shape index (κ3) is 5.28. The molecule has 0 heterocycles. The van der Waals surface area contributed by atoms with Crippen molar-refractivity contribution < 1.29 is 25.3 Å². The smallest absolute Gasteiger partial charge is 0.330 e. The number of quaternary nitrogens is 1. The molecular formula is C8H15N2O4+. The molecule has 80 valence electrons. The normalized spacial score (nSPS) is 10.2. The van der Waals surface area contributed by atoms with Crippen LogP contribution in [0.5, 0.6) is 0 Å². The van der Waals surface area contributed by atoms with Gasteiger partial charge in [-0.15, -0.1) is 0 Å². The van der Waals surface area contributed by atoms with Gasteiger partial charge < -0.3 is 10.5 Å². The van der Waals surface area contributed by atoms with E-state index in [4.69, 9.17) is 5.21 Å². The fraction of sp³-hybridized carbons (Fsp3) is 0.500. The topological polar surface area (TPSA) is 94.5 Å². The van der Waals surface area contributed by atoms with E-state index < -0.39 is 11.9 Å². The van der Waals surface area contributed by atoms with E-state index in [1.807, 2.05) is 0 Å². The summed E-state index contributed by atoms with van der Waals surface area (Å²) in [4.78, 5) is 21.6. The molecular weight excluding hydrogens is 188 g/mol. The summed E-state index contributed by atoms with van der Waals surface area (Å²) in [6, 6.07) is 0. The number of hydrogen-bond acceptors (Lipinski definition) is 4. The molecule has 0 aliphatic heterocycles. The monoisotopic (exact) mass is 203 g/mol. The van der Waals surface area contributed by atoms with Crippen LogP contribution in [0.3, 0.4) is 0 Å². The Labute approximate surface area is 81.9 Å². The third-order valence-electron chi connectivity index (χ3n) is 1.44. The number of ether oxygens (including phenoxy) is 1. The Balaban J connectivity index is 3.94. The summed E-state index contributed by atoms with van der Waals surface area (Å²) in [5, 5.41) is 9.62. The lowest BCUT2D eigenvalue weighted by atomic mass is 10.4. The summed E-state index contributed by atoms with van der Waals surface area (Å²) in [6.07, 6.45) is 2.51. The maximum absolute atomic E-state index is 11.0. The van der Waals surface area contributed by atoms with Gasteiger partial charge in [0.2, 0.25) is 0 Å². The highest BCUT2D eigenvalue weighted by atomic mass is 16.5. The molecule has 0 spiro atoms. The van der Waals surface area contributed by atoms with Gasteiger partial charge >= 0.3 is 5.97 Å². The molecule has 4 N–H and O–H groups in total. The summed E-state index contributed by atoms with van der Waals surface area (Å²) in [5.41, 5.74) is 3.56. The number of rotatable bonds is 5. The molecule has 0 atom stereocenters. The van der Waals surface area contributed by atoms with Crippen molar-refractivity contribution in [2.45, 2.75) is 6.42 Å². The van der Waals surface area contributed by atoms with Gasteiger partial charge in [-0.25, -0.2) is 9.86 Å². The van der Waals surface area contributed by atoms with Gasteiger partial charge in [-0.2, -0.15) is 0 Å². The lowest BCUT2D eigenvalue weighted by Gasteiger charge is -2.10. The van der Waals surface area contributed by atoms with Crippen molar-refractivity contribution in [3.63, 3.8) is 0 Å². The van der Waals surface area contributed by atoms with E-state index in [1.165, 1.54) is 7.11 Å². The summed E-state index contributed by atoms with van der Waals surface area (Å²) >= 11 is 0. The van der Waals surface area contributed by atoms with E-state index >= 15 is 0 Å². The predicted molar refractivity (Wildman–Crippen MR) is 47.0 cm³/mol. The second-order valence-electron chi connectivity index (χ2n) is 2.52. The Kier molecular flexibility index (Phi) is 6.34. The van der Waals surface area contributed by atoms with Crippen LogP contribution in [0.4, 0.5) is 0 Å². The average Bonchev–Trinajstić information content (AvgIpc) is 2.21. The Morgan fingerprint density at radius 3 is 2.64 bits per heavy atom. The molecule has 14 heavy (non-hydrogen) atoms. The molecule has 6 heteroatoms. The number of hydrogen-bond donors (Lipinski definition) is 2. The maximum atomic E-state index is 11.0. The fourth-order valence-electron chi connectivity index (χ4n) is 0.665. The quantitative estimate of drug-likeness (QED) is 0.248. The largest absolute Gasteiger partial charge is 0.466 e. The molecule has 0 rings (SSSR count).